The summed E-state index contributed by atoms with van der Waals surface area (Å²) in [4.78, 5) is 4.16. The second-order valence-electron chi connectivity index (χ2n) is 5.77. The predicted molar refractivity (Wildman–Crippen MR) is 106 cm³/mol. The lowest BCUT2D eigenvalue weighted by molar-refractivity contribution is 0.482. The maximum Gasteiger partial charge on any atom is 0.229 e. The molecule has 0 amide bonds. The summed E-state index contributed by atoms with van der Waals surface area (Å²) in [6, 6.07) is 11.7. The number of nitrogens with zero attached hydrogens (tertiary/aromatic N) is 4. The maximum absolute atomic E-state index is 11.6. The molecule has 2 aromatic carbocycles. The quantitative estimate of drug-likeness (QED) is 0.495. The van der Waals surface area contributed by atoms with Crippen LogP contribution in [0.1, 0.15) is 0 Å². The standard InChI is InChI=1S/C17H13N5O3S2/c1-27(24,25)22-13-6-2-4-10-12(7-8-14(23)15(10)13)19-20-17-11-5-3-9-18-16(11)21-26-17/h2-9,22-23H,1H3/b20-19+. The molecule has 0 unspecified atom stereocenters. The van der Waals surface area contributed by atoms with Crippen molar-refractivity contribution in [3.63, 3.8) is 0 Å². The first-order valence-corrected chi connectivity index (χ1v) is 10.4. The molecule has 2 aromatic heterocycles. The number of aromatic nitrogens is 2. The molecule has 27 heavy (non-hydrogen) atoms. The van der Waals surface area contributed by atoms with Gasteiger partial charge in [0.1, 0.15) is 5.75 Å². The first-order valence-electron chi connectivity index (χ1n) is 7.77. The molecule has 0 spiro atoms. The molecule has 0 saturated heterocycles. The Hall–Kier alpha value is -3.11. The summed E-state index contributed by atoms with van der Waals surface area (Å²) in [7, 11) is -3.50. The van der Waals surface area contributed by atoms with Crippen LogP contribution in [0, 0.1) is 0 Å². The molecule has 0 fully saturated rings. The first-order chi connectivity index (χ1) is 12.9. The van der Waals surface area contributed by atoms with Gasteiger partial charge in [-0.25, -0.2) is 13.4 Å². The molecule has 136 valence electrons. The number of hydrogen-bond acceptors (Lipinski definition) is 8. The third-order valence-corrected chi connectivity index (χ3v) is 5.10. The Morgan fingerprint density at radius 3 is 2.70 bits per heavy atom. The van der Waals surface area contributed by atoms with Gasteiger partial charge in [-0.05, 0) is 41.9 Å². The van der Waals surface area contributed by atoms with Gasteiger partial charge in [-0.2, -0.15) is 4.37 Å². The Balaban J connectivity index is 1.83. The van der Waals surface area contributed by atoms with Crippen molar-refractivity contribution in [1.29, 1.82) is 0 Å². The van der Waals surface area contributed by atoms with Gasteiger partial charge in [0.25, 0.3) is 0 Å². The maximum atomic E-state index is 11.6. The van der Waals surface area contributed by atoms with E-state index in [2.05, 4.69) is 24.3 Å². The molecule has 0 radical (unpaired) electrons. The zero-order chi connectivity index (χ0) is 19.0. The second kappa shape index (κ2) is 6.56. The highest BCUT2D eigenvalue weighted by molar-refractivity contribution is 7.92. The van der Waals surface area contributed by atoms with Crippen LogP contribution in [-0.4, -0.2) is 29.1 Å². The number of phenols is 1. The lowest BCUT2D eigenvalue weighted by atomic mass is 10.1. The number of hydrogen-bond donors (Lipinski definition) is 2. The summed E-state index contributed by atoms with van der Waals surface area (Å²) in [5.41, 5.74) is 1.37. The van der Waals surface area contributed by atoms with Gasteiger partial charge in [0.15, 0.2) is 10.6 Å². The average molecular weight is 399 g/mol. The number of benzene rings is 2. The monoisotopic (exact) mass is 399 g/mol. The molecule has 10 heteroatoms. The summed E-state index contributed by atoms with van der Waals surface area (Å²) in [6.07, 6.45) is 2.71. The lowest BCUT2D eigenvalue weighted by Gasteiger charge is -2.10. The van der Waals surface area contributed by atoms with Crippen molar-refractivity contribution >= 4 is 59.7 Å². The molecule has 4 rings (SSSR count). The van der Waals surface area contributed by atoms with Crippen molar-refractivity contribution in [3.8, 4) is 5.75 Å². The van der Waals surface area contributed by atoms with Crippen LogP contribution in [0.15, 0.2) is 58.9 Å². The molecule has 8 nitrogen and oxygen atoms in total. The van der Waals surface area contributed by atoms with Crippen molar-refractivity contribution in [3.05, 3.63) is 48.7 Å². The molecule has 0 saturated carbocycles. The zero-order valence-electron chi connectivity index (χ0n) is 14.0. The van der Waals surface area contributed by atoms with Gasteiger partial charge < -0.3 is 5.11 Å². The number of rotatable bonds is 4. The highest BCUT2D eigenvalue weighted by Gasteiger charge is 2.13. The molecule has 4 aromatic rings. The van der Waals surface area contributed by atoms with Crippen LogP contribution in [0.4, 0.5) is 16.4 Å². The van der Waals surface area contributed by atoms with Crippen molar-refractivity contribution < 1.29 is 13.5 Å². The highest BCUT2D eigenvalue weighted by atomic mass is 32.2. The van der Waals surface area contributed by atoms with Gasteiger partial charge in [0.05, 0.1) is 23.0 Å². The predicted octanol–water partition coefficient (Wildman–Crippen LogP) is 4.34. The van der Waals surface area contributed by atoms with Crippen LogP contribution in [0.3, 0.4) is 0 Å². The summed E-state index contributed by atoms with van der Waals surface area (Å²) >= 11 is 1.19. The molecule has 0 aliphatic carbocycles. The fraction of sp³-hybridized carbons (Fsp3) is 0.0588. The number of phenolic OH excluding ortho intramolecular Hbond substituents is 1. The highest BCUT2D eigenvalue weighted by Crippen LogP contribution is 2.39. The Morgan fingerprint density at radius 1 is 1.07 bits per heavy atom. The number of pyridine rings is 1. The first kappa shape index (κ1) is 17.3. The molecule has 2 heterocycles. The minimum absolute atomic E-state index is 0.0526. The van der Waals surface area contributed by atoms with Gasteiger partial charge in [-0.15, -0.1) is 10.2 Å². The fourth-order valence-electron chi connectivity index (χ4n) is 2.69. The number of sulfonamides is 1. The molecular weight excluding hydrogens is 386 g/mol. The van der Waals surface area contributed by atoms with E-state index in [0.29, 0.717) is 27.1 Å². The topological polar surface area (TPSA) is 117 Å². The summed E-state index contributed by atoms with van der Waals surface area (Å²) in [5, 5.41) is 21.1. The van der Waals surface area contributed by atoms with Crippen molar-refractivity contribution in [1.82, 2.24) is 9.36 Å². The largest absolute Gasteiger partial charge is 0.507 e. The van der Waals surface area contributed by atoms with E-state index in [1.54, 1.807) is 36.5 Å². The number of anilines is 1. The fourth-order valence-corrected chi connectivity index (χ4v) is 3.91. The molecule has 0 atom stereocenters. The number of aromatic hydroxyl groups is 1. The number of azo groups is 1. The Bertz CT molecular complexity index is 1300. The molecule has 0 bridgehead atoms. The summed E-state index contributed by atoms with van der Waals surface area (Å²) in [5.74, 6) is -0.0526. The average Bonchev–Trinajstić information content (AvgIpc) is 3.03. The second-order valence-corrected chi connectivity index (χ2v) is 8.27. The normalized spacial score (nSPS) is 12.2. The Morgan fingerprint density at radius 2 is 1.89 bits per heavy atom. The summed E-state index contributed by atoms with van der Waals surface area (Å²) < 4.78 is 29.8. The third kappa shape index (κ3) is 3.44. The molecular formula is C17H13N5O3S2. The van der Waals surface area contributed by atoms with E-state index in [0.717, 1.165) is 11.6 Å². The van der Waals surface area contributed by atoms with E-state index in [1.807, 2.05) is 6.07 Å². The van der Waals surface area contributed by atoms with Crippen LogP contribution in [-0.2, 0) is 10.0 Å². The van der Waals surface area contributed by atoms with Crippen molar-refractivity contribution in [2.24, 2.45) is 10.2 Å². The lowest BCUT2D eigenvalue weighted by Crippen LogP contribution is -2.09. The van der Waals surface area contributed by atoms with Crippen molar-refractivity contribution in [2.45, 2.75) is 0 Å². The molecule has 0 aliphatic heterocycles. The van der Waals surface area contributed by atoms with Gasteiger partial charge in [0.2, 0.25) is 10.0 Å². The minimum Gasteiger partial charge on any atom is -0.507 e. The minimum atomic E-state index is -3.50. The van der Waals surface area contributed by atoms with Gasteiger partial charge >= 0.3 is 0 Å². The third-order valence-electron chi connectivity index (χ3n) is 3.78. The Labute approximate surface area is 158 Å². The van der Waals surface area contributed by atoms with Crippen molar-refractivity contribution in [2.75, 3.05) is 11.0 Å². The smallest absolute Gasteiger partial charge is 0.229 e. The zero-order valence-corrected chi connectivity index (χ0v) is 15.6. The van der Waals surface area contributed by atoms with E-state index < -0.39 is 10.0 Å². The van der Waals surface area contributed by atoms with Crippen LogP contribution in [0.2, 0.25) is 0 Å². The van der Waals surface area contributed by atoms with Gasteiger partial charge in [0, 0.05) is 17.0 Å². The van der Waals surface area contributed by atoms with Crippen LogP contribution < -0.4 is 4.72 Å². The molecule has 0 aliphatic rings. The van der Waals surface area contributed by atoms with E-state index in [4.69, 9.17) is 0 Å². The van der Waals surface area contributed by atoms with Gasteiger partial charge in [-0.1, -0.05) is 12.1 Å². The summed E-state index contributed by atoms with van der Waals surface area (Å²) in [6.45, 7) is 0. The Kier molecular flexibility index (Phi) is 4.21. The molecule has 2 N–H and O–H groups in total. The van der Waals surface area contributed by atoms with E-state index in [9.17, 15) is 13.5 Å². The van der Waals surface area contributed by atoms with Crippen LogP contribution in [0.25, 0.3) is 21.8 Å². The number of fused-ring (bicyclic) bond motifs is 2. The SMILES string of the molecule is CS(=O)(=O)Nc1cccc2c(/N=N/c3snc4ncccc34)ccc(O)c12. The van der Waals surface area contributed by atoms with E-state index >= 15 is 0 Å². The van der Waals surface area contributed by atoms with Gasteiger partial charge in [-0.3, -0.25) is 4.72 Å². The van der Waals surface area contributed by atoms with E-state index in [1.165, 1.54) is 17.6 Å². The van der Waals surface area contributed by atoms with Crippen LogP contribution in [0.5, 0.6) is 5.75 Å². The van der Waals surface area contributed by atoms with E-state index in [-0.39, 0.29) is 11.4 Å². The number of nitrogens with one attached hydrogen (secondary N) is 1. The van der Waals surface area contributed by atoms with Crippen LogP contribution >= 0.6 is 11.5 Å².